The molecule has 0 spiro atoms. The molecule has 0 atom stereocenters. The third-order valence-electron chi connectivity index (χ3n) is 2.67. The predicted molar refractivity (Wildman–Crippen MR) is 72.6 cm³/mol. The molecule has 0 bridgehead atoms. The van der Waals surface area contributed by atoms with Crippen LogP contribution in [0, 0.1) is 6.92 Å². The summed E-state index contributed by atoms with van der Waals surface area (Å²) in [5, 5.41) is 3.08. The first-order chi connectivity index (χ1) is 8.69. The minimum atomic E-state index is -0.172. The summed E-state index contributed by atoms with van der Waals surface area (Å²) >= 11 is 1.65. The van der Waals surface area contributed by atoms with E-state index >= 15 is 0 Å². The summed E-state index contributed by atoms with van der Waals surface area (Å²) in [6, 6.07) is 8.17. The van der Waals surface area contributed by atoms with Gasteiger partial charge in [-0.1, -0.05) is 24.3 Å². The number of methoxy groups -OCH3 is 1. The summed E-state index contributed by atoms with van der Waals surface area (Å²) in [5.41, 5.74) is 3.30. The quantitative estimate of drug-likeness (QED) is 0.793. The minimum Gasteiger partial charge on any atom is -0.469 e. The van der Waals surface area contributed by atoms with Crippen LogP contribution in [-0.2, 0) is 16.0 Å². The third kappa shape index (κ3) is 3.17. The van der Waals surface area contributed by atoms with Crippen molar-refractivity contribution < 1.29 is 9.53 Å². The van der Waals surface area contributed by atoms with E-state index in [9.17, 15) is 4.79 Å². The molecule has 2 rings (SSSR count). The Bertz CT molecular complexity index is 531. The first-order valence-corrected chi connectivity index (χ1v) is 6.65. The van der Waals surface area contributed by atoms with Crippen LogP contribution in [0.5, 0.6) is 0 Å². The SMILES string of the molecule is COC(=O)CCc1ccc(-c2nc(C)cs2)cc1. The maximum atomic E-state index is 11.0. The molecule has 0 unspecified atom stereocenters. The van der Waals surface area contributed by atoms with Crippen LogP contribution in [0.1, 0.15) is 17.7 Å². The molecule has 0 radical (unpaired) electrons. The van der Waals surface area contributed by atoms with Crippen LogP contribution in [0.25, 0.3) is 10.6 Å². The number of carbonyl (C=O) groups excluding carboxylic acids is 1. The van der Waals surface area contributed by atoms with Crippen LogP contribution in [0.15, 0.2) is 29.6 Å². The minimum absolute atomic E-state index is 0.172. The van der Waals surface area contributed by atoms with Crippen molar-refractivity contribution in [2.75, 3.05) is 7.11 Å². The number of nitrogens with zero attached hydrogens (tertiary/aromatic N) is 1. The normalized spacial score (nSPS) is 10.3. The van der Waals surface area contributed by atoms with Gasteiger partial charge < -0.3 is 4.74 Å². The first kappa shape index (κ1) is 12.8. The van der Waals surface area contributed by atoms with Gasteiger partial charge >= 0.3 is 5.97 Å². The Kier molecular flexibility index (Phi) is 4.10. The number of carbonyl (C=O) groups is 1. The summed E-state index contributed by atoms with van der Waals surface area (Å²) in [5.74, 6) is -0.172. The Morgan fingerprint density at radius 2 is 2.06 bits per heavy atom. The number of esters is 1. The van der Waals surface area contributed by atoms with Gasteiger partial charge in [-0.05, 0) is 18.9 Å². The molecule has 1 aromatic heterocycles. The number of ether oxygens (including phenoxy) is 1. The fourth-order valence-corrected chi connectivity index (χ4v) is 2.45. The molecule has 3 nitrogen and oxygen atoms in total. The third-order valence-corrected chi connectivity index (χ3v) is 3.67. The highest BCUT2D eigenvalue weighted by molar-refractivity contribution is 7.13. The second-order valence-corrected chi connectivity index (χ2v) is 4.93. The lowest BCUT2D eigenvalue weighted by Crippen LogP contribution is -2.01. The molecular formula is C14H15NO2S. The molecule has 0 fully saturated rings. The van der Waals surface area contributed by atoms with Gasteiger partial charge in [0.1, 0.15) is 5.01 Å². The van der Waals surface area contributed by atoms with Gasteiger partial charge in [0.05, 0.1) is 7.11 Å². The van der Waals surface area contributed by atoms with Crippen LogP contribution >= 0.6 is 11.3 Å². The zero-order valence-corrected chi connectivity index (χ0v) is 11.3. The fourth-order valence-electron chi connectivity index (χ4n) is 1.65. The molecule has 0 amide bonds. The number of aromatic nitrogens is 1. The van der Waals surface area contributed by atoms with E-state index < -0.39 is 0 Å². The van der Waals surface area contributed by atoms with Gasteiger partial charge in [0.15, 0.2) is 0 Å². The Morgan fingerprint density at radius 1 is 1.33 bits per heavy atom. The highest BCUT2D eigenvalue weighted by Gasteiger charge is 2.04. The number of hydrogen-bond acceptors (Lipinski definition) is 4. The smallest absolute Gasteiger partial charge is 0.305 e. The Labute approximate surface area is 110 Å². The zero-order valence-electron chi connectivity index (χ0n) is 10.5. The van der Waals surface area contributed by atoms with Crippen LogP contribution in [0.2, 0.25) is 0 Å². The highest BCUT2D eigenvalue weighted by Crippen LogP contribution is 2.23. The molecule has 0 aliphatic heterocycles. The average Bonchev–Trinajstić information content (AvgIpc) is 2.83. The van der Waals surface area contributed by atoms with Crippen molar-refractivity contribution in [3.05, 3.63) is 40.9 Å². The predicted octanol–water partition coefficient (Wildman–Crippen LogP) is 3.22. The van der Waals surface area contributed by atoms with Crippen molar-refractivity contribution in [3.8, 4) is 10.6 Å². The van der Waals surface area contributed by atoms with Gasteiger partial charge in [-0.15, -0.1) is 11.3 Å². The van der Waals surface area contributed by atoms with Gasteiger partial charge in [0.25, 0.3) is 0 Å². The van der Waals surface area contributed by atoms with Crippen molar-refractivity contribution in [2.24, 2.45) is 0 Å². The lowest BCUT2D eigenvalue weighted by Gasteiger charge is -2.02. The van der Waals surface area contributed by atoms with Crippen molar-refractivity contribution in [3.63, 3.8) is 0 Å². The van der Waals surface area contributed by atoms with Crippen molar-refractivity contribution >= 4 is 17.3 Å². The molecule has 0 saturated heterocycles. The van der Waals surface area contributed by atoms with E-state index in [4.69, 9.17) is 0 Å². The Balaban J connectivity index is 2.03. The zero-order chi connectivity index (χ0) is 13.0. The lowest BCUT2D eigenvalue weighted by atomic mass is 10.1. The van der Waals surface area contributed by atoms with E-state index in [1.165, 1.54) is 7.11 Å². The maximum Gasteiger partial charge on any atom is 0.305 e. The molecule has 0 saturated carbocycles. The summed E-state index contributed by atoms with van der Waals surface area (Å²) < 4.78 is 4.62. The summed E-state index contributed by atoms with van der Waals surface area (Å²) in [7, 11) is 1.41. The topological polar surface area (TPSA) is 39.2 Å². The molecule has 0 aliphatic carbocycles. The second kappa shape index (κ2) is 5.78. The standard InChI is InChI=1S/C14H15NO2S/c1-10-9-18-14(15-10)12-6-3-11(4-7-12)5-8-13(16)17-2/h3-4,6-7,9H,5,8H2,1-2H3. The molecule has 94 valence electrons. The molecule has 0 aliphatic rings. The van der Waals surface area contributed by atoms with Gasteiger partial charge in [0, 0.05) is 23.1 Å². The first-order valence-electron chi connectivity index (χ1n) is 5.77. The van der Waals surface area contributed by atoms with E-state index in [1.54, 1.807) is 11.3 Å². The van der Waals surface area contributed by atoms with E-state index in [1.807, 2.05) is 36.6 Å². The van der Waals surface area contributed by atoms with E-state index in [-0.39, 0.29) is 5.97 Å². The number of thiazole rings is 1. The number of aryl methyl sites for hydroxylation is 2. The lowest BCUT2D eigenvalue weighted by molar-refractivity contribution is -0.140. The van der Waals surface area contributed by atoms with Crippen LogP contribution < -0.4 is 0 Å². The molecule has 18 heavy (non-hydrogen) atoms. The largest absolute Gasteiger partial charge is 0.469 e. The van der Waals surface area contributed by atoms with Gasteiger partial charge in [0.2, 0.25) is 0 Å². The highest BCUT2D eigenvalue weighted by atomic mass is 32.1. The summed E-state index contributed by atoms with van der Waals surface area (Å²) in [4.78, 5) is 15.5. The van der Waals surface area contributed by atoms with Gasteiger partial charge in [-0.2, -0.15) is 0 Å². The van der Waals surface area contributed by atoms with E-state index in [2.05, 4.69) is 9.72 Å². The Hall–Kier alpha value is -1.68. The second-order valence-electron chi connectivity index (χ2n) is 4.07. The molecular weight excluding hydrogens is 246 g/mol. The van der Waals surface area contributed by atoms with Crippen molar-refractivity contribution in [1.82, 2.24) is 4.98 Å². The van der Waals surface area contributed by atoms with Crippen molar-refractivity contribution in [2.45, 2.75) is 19.8 Å². The van der Waals surface area contributed by atoms with Crippen LogP contribution in [0.4, 0.5) is 0 Å². The molecule has 1 aromatic carbocycles. The van der Waals surface area contributed by atoms with Crippen LogP contribution in [0.3, 0.4) is 0 Å². The average molecular weight is 261 g/mol. The molecule has 1 heterocycles. The van der Waals surface area contributed by atoms with Crippen molar-refractivity contribution in [1.29, 1.82) is 0 Å². The maximum absolute atomic E-state index is 11.0. The van der Waals surface area contributed by atoms with Gasteiger partial charge in [-0.25, -0.2) is 4.98 Å². The number of rotatable bonds is 4. The molecule has 2 aromatic rings. The summed E-state index contributed by atoms with van der Waals surface area (Å²) in [6.07, 6.45) is 1.13. The number of hydrogen-bond donors (Lipinski definition) is 0. The molecule has 4 heteroatoms. The number of benzene rings is 1. The van der Waals surface area contributed by atoms with E-state index in [0.717, 1.165) is 21.8 Å². The Morgan fingerprint density at radius 3 is 2.61 bits per heavy atom. The van der Waals surface area contributed by atoms with Gasteiger partial charge in [-0.3, -0.25) is 4.79 Å². The molecule has 0 N–H and O–H groups in total. The summed E-state index contributed by atoms with van der Waals surface area (Å²) in [6.45, 7) is 1.99. The van der Waals surface area contributed by atoms with E-state index in [0.29, 0.717) is 12.8 Å². The van der Waals surface area contributed by atoms with Crippen LogP contribution in [-0.4, -0.2) is 18.1 Å². The monoisotopic (exact) mass is 261 g/mol. The fraction of sp³-hybridized carbons (Fsp3) is 0.286.